The molecule has 0 radical (unpaired) electrons. The SMILES string of the molecule is COC(=O)c1cccc(OC(=O)COc2cc(C)ccc2C(C)C)c1. The molecule has 0 bridgehead atoms. The first-order valence-electron chi connectivity index (χ1n) is 8.03. The highest BCUT2D eigenvalue weighted by atomic mass is 16.6. The zero-order valence-corrected chi connectivity index (χ0v) is 14.9. The van der Waals surface area contributed by atoms with E-state index >= 15 is 0 Å². The highest BCUT2D eigenvalue weighted by Crippen LogP contribution is 2.27. The first kappa shape index (κ1) is 18.5. The van der Waals surface area contributed by atoms with Gasteiger partial charge in [-0.25, -0.2) is 9.59 Å². The van der Waals surface area contributed by atoms with Crippen molar-refractivity contribution in [3.05, 3.63) is 59.2 Å². The van der Waals surface area contributed by atoms with Crippen LogP contribution in [-0.2, 0) is 9.53 Å². The minimum Gasteiger partial charge on any atom is -0.482 e. The van der Waals surface area contributed by atoms with Crippen molar-refractivity contribution in [2.75, 3.05) is 13.7 Å². The van der Waals surface area contributed by atoms with Crippen LogP contribution in [0.2, 0.25) is 0 Å². The average Bonchev–Trinajstić information content (AvgIpc) is 2.59. The van der Waals surface area contributed by atoms with E-state index in [1.54, 1.807) is 18.2 Å². The first-order chi connectivity index (χ1) is 11.9. The van der Waals surface area contributed by atoms with E-state index in [1.807, 2.05) is 25.1 Å². The maximum Gasteiger partial charge on any atom is 0.349 e. The molecule has 25 heavy (non-hydrogen) atoms. The van der Waals surface area contributed by atoms with Crippen LogP contribution in [-0.4, -0.2) is 25.7 Å². The standard InChI is InChI=1S/C20H22O5/c1-13(2)17-9-8-14(3)10-18(17)24-12-19(21)25-16-7-5-6-15(11-16)20(22)23-4/h5-11,13H,12H2,1-4H3. The van der Waals surface area contributed by atoms with Crippen molar-refractivity contribution in [2.45, 2.75) is 26.7 Å². The van der Waals surface area contributed by atoms with Crippen molar-refractivity contribution in [1.82, 2.24) is 0 Å². The maximum atomic E-state index is 12.0. The molecule has 0 unspecified atom stereocenters. The van der Waals surface area contributed by atoms with Gasteiger partial charge in [0, 0.05) is 0 Å². The number of esters is 2. The Balaban J connectivity index is 2.02. The molecule has 0 fully saturated rings. The van der Waals surface area contributed by atoms with Crippen LogP contribution in [0, 0.1) is 6.92 Å². The van der Waals surface area contributed by atoms with Crippen LogP contribution < -0.4 is 9.47 Å². The zero-order valence-electron chi connectivity index (χ0n) is 14.9. The van der Waals surface area contributed by atoms with Gasteiger partial charge in [-0.15, -0.1) is 0 Å². The van der Waals surface area contributed by atoms with Gasteiger partial charge in [0.05, 0.1) is 12.7 Å². The Morgan fingerprint density at radius 1 is 1.08 bits per heavy atom. The quantitative estimate of drug-likeness (QED) is 0.589. The van der Waals surface area contributed by atoms with E-state index in [-0.39, 0.29) is 18.3 Å². The molecule has 0 spiro atoms. The molecule has 132 valence electrons. The third-order valence-corrected chi connectivity index (χ3v) is 3.62. The number of ether oxygens (including phenoxy) is 3. The molecule has 2 aromatic rings. The Morgan fingerprint density at radius 3 is 2.52 bits per heavy atom. The summed E-state index contributed by atoms with van der Waals surface area (Å²) in [6, 6.07) is 12.2. The summed E-state index contributed by atoms with van der Waals surface area (Å²) in [4.78, 5) is 23.5. The van der Waals surface area contributed by atoms with Crippen LogP contribution in [0.1, 0.15) is 41.3 Å². The average molecular weight is 342 g/mol. The van der Waals surface area contributed by atoms with Crippen molar-refractivity contribution in [3.8, 4) is 11.5 Å². The van der Waals surface area contributed by atoms with Crippen molar-refractivity contribution in [3.63, 3.8) is 0 Å². The molecule has 0 aliphatic heterocycles. The van der Waals surface area contributed by atoms with E-state index in [0.29, 0.717) is 11.3 Å². The summed E-state index contributed by atoms with van der Waals surface area (Å²) < 4.78 is 15.5. The van der Waals surface area contributed by atoms with Crippen LogP contribution in [0.15, 0.2) is 42.5 Å². The smallest absolute Gasteiger partial charge is 0.349 e. The Morgan fingerprint density at radius 2 is 1.84 bits per heavy atom. The fraction of sp³-hybridized carbons (Fsp3) is 0.300. The van der Waals surface area contributed by atoms with Gasteiger partial charge in [-0.05, 0) is 48.2 Å². The molecule has 0 atom stereocenters. The van der Waals surface area contributed by atoms with Gasteiger partial charge in [0.2, 0.25) is 0 Å². The minimum atomic E-state index is -0.543. The topological polar surface area (TPSA) is 61.8 Å². The van der Waals surface area contributed by atoms with Gasteiger partial charge in [-0.3, -0.25) is 0 Å². The van der Waals surface area contributed by atoms with Crippen LogP contribution in [0.3, 0.4) is 0 Å². The van der Waals surface area contributed by atoms with Gasteiger partial charge in [-0.1, -0.05) is 32.0 Å². The van der Waals surface area contributed by atoms with E-state index in [9.17, 15) is 9.59 Å². The van der Waals surface area contributed by atoms with Crippen LogP contribution in [0.25, 0.3) is 0 Å². The first-order valence-corrected chi connectivity index (χ1v) is 8.03. The lowest BCUT2D eigenvalue weighted by Gasteiger charge is -2.14. The van der Waals surface area contributed by atoms with Crippen molar-refractivity contribution in [2.24, 2.45) is 0 Å². The van der Waals surface area contributed by atoms with Crippen molar-refractivity contribution in [1.29, 1.82) is 0 Å². The summed E-state index contributed by atoms with van der Waals surface area (Å²) in [6.45, 7) is 5.88. The van der Waals surface area contributed by atoms with Crippen LogP contribution in [0.5, 0.6) is 11.5 Å². The van der Waals surface area contributed by atoms with Gasteiger partial charge >= 0.3 is 11.9 Å². The molecule has 2 aromatic carbocycles. The number of hydrogen-bond acceptors (Lipinski definition) is 5. The fourth-order valence-electron chi connectivity index (χ4n) is 2.35. The molecule has 2 rings (SSSR count). The largest absolute Gasteiger partial charge is 0.482 e. The third kappa shape index (κ3) is 5.08. The number of rotatable bonds is 6. The molecular formula is C20H22O5. The monoisotopic (exact) mass is 342 g/mol. The second-order valence-electron chi connectivity index (χ2n) is 5.98. The predicted molar refractivity (Wildman–Crippen MR) is 94.2 cm³/mol. The molecule has 0 saturated carbocycles. The third-order valence-electron chi connectivity index (χ3n) is 3.62. The van der Waals surface area contributed by atoms with Crippen LogP contribution >= 0.6 is 0 Å². The number of benzene rings is 2. The lowest BCUT2D eigenvalue weighted by molar-refractivity contribution is -0.136. The second kappa shape index (κ2) is 8.33. The summed E-state index contributed by atoms with van der Waals surface area (Å²) in [5.74, 6) is 0.192. The predicted octanol–water partition coefficient (Wildman–Crippen LogP) is 3.89. The van der Waals surface area contributed by atoms with Crippen LogP contribution in [0.4, 0.5) is 0 Å². The molecule has 0 aromatic heterocycles. The molecule has 5 heteroatoms. The Kier molecular flexibility index (Phi) is 6.17. The number of carbonyl (C=O) groups excluding carboxylic acids is 2. The van der Waals surface area contributed by atoms with Crippen molar-refractivity contribution < 1.29 is 23.8 Å². The van der Waals surface area contributed by atoms with Crippen molar-refractivity contribution >= 4 is 11.9 Å². The number of hydrogen-bond donors (Lipinski definition) is 0. The Bertz CT molecular complexity index is 764. The van der Waals surface area contributed by atoms with E-state index in [0.717, 1.165) is 11.1 Å². The highest BCUT2D eigenvalue weighted by molar-refractivity contribution is 5.90. The minimum absolute atomic E-state index is 0.217. The summed E-state index contributed by atoms with van der Waals surface area (Å²) in [7, 11) is 1.29. The molecule has 0 aliphatic rings. The zero-order chi connectivity index (χ0) is 18.4. The summed E-state index contributed by atoms with van der Waals surface area (Å²) in [5.41, 5.74) is 2.40. The normalized spacial score (nSPS) is 10.4. The molecular weight excluding hydrogens is 320 g/mol. The molecule has 0 amide bonds. The molecule has 0 saturated heterocycles. The second-order valence-corrected chi connectivity index (χ2v) is 5.98. The summed E-state index contributed by atoms with van der Waals surface area (Å²) >= 11 is 0. The molecule has 0 aliphatic carbocycles. The van der Waals surface area contributed by atoms with Gasteiger partial charge in [-0.2, -0.15) is 0 Å². The number of carbonyl (C=O) groups is 2. The number of aryl methyl sites for hydroxylation is 1. The lowest BCUT2D eigenvalue weighted by Crippen LogP contribution is -2.18. The Labute approximate surface area is 147 Å². The summed E-state index contributed by atoms with van der Waals surface area (Å²) in [5, 5.41) is 0. The number of methoxy groups -OCH3 is 1. The molecule has 5 nitrogen and oxygen atoms in total. The molecule has 0 N–H and O–H groups in total. The molecule has 0 heterocycles. The van der Waals surface area contributed by atoms with E-state index in [2.05, 4.69) is 18.6 Å². The Hall–Kier alpha value is -2.82. The van der Waals surface area contributed by atoms with Gasteiger partial charge in [0.15, 0.2) is 6.61 Å². The highest BCUT2D eigenvalue weighted by Gasteiger charge is 2.13. The van der Waals surface area contributed by atoms with E-state index in [4.69, 9.17) is 9.47 Å². The van der Waals surface area contributed by atoms with E-state index < -0.39 is 11.9 Å². The maximum absolute atomic E-state index is 12.0. The van der Waals surface area contributed by atoms with E-state index in [1.165, 1.54) is 13.2 Å². The van der Waals surface area contributed by atoms with Gasteiger partial charge in [0.25, 0.3) is 0 Å². The fourth-order valence-corrected chi connectivity index (χ4v) is 2.35. The summed E-state index contributed by atoms with van der Waals surface area (Å²) in [6.07, 6.45) is 0. The van der Waals surface area contributed by atoms with Gasteiger partial charge < -0.3 is 14.2 Å². The lowest BCUT2D eigenvalue weighted by atomic mass is 10.0. The van der Waals surface area contributed by atoms with Gasteiger partial charge in [0.1, 0.15) is 11.5 Å².